The summed E-state index contributed by atoms with van der Waals surface area (Å²) in [5.74, 6) is 0.938. The molecule has 2 fully saturated rings. The number of urea groups is 1. The van der Waals surface area contributed by atoms with E-state index in [-0.39, 0.29) is 12.1 Å². The SMILES string of the molecule is CN1CCN(c2cccc3c2C[C@H](N(C(=O)Nc2ccccc2)N2CCOCC2)CO3)CC1. The van der Waals surface area contributed by atoms with Crippen molar-refractivity contribution >= 4 is 17.4 Å². The second-order valence-corrected chi connectivity index (χ2v) is 8.92. The van der Waals surface area contributed by atoms with Gasteiger partial charge in [0.05, 0.1) is 19.3 Å². The van der Waals surface area contributed by atoms with E-state index in [2.05, 4.69) is 39.3 Å². The maximum absolute atomic E-state index is 13.5. The number of hydrogen-bond acceptors (Lipinski definition) is 6. The van der Waals surface area contributed by atoms with Gasteiger partial charge in [-0.3, -0.25) is 0 Å². The minimum Gasteiger partial charge on any atom is -0.491 e. The van der Waals surface area contributed by atoms with E-state index < -0.39 is 0 Å². The van der Waals surface area contributed by atoms with Crippen molar-refractivity contribution < 1.29 is 14.3 Å². The molecule has 1 atom stereocenters. The van der Waals surface area contributed by atoms with E-state index in [1.54, 1.807) is 0 Å². The van der Waals surface area contributed by atoms with Crippen LogP contribution in [0, 0.1) is 0 Å². The molecule has 1 N–H and O–H groups in total. The van der Waals surface area contributed by atoms with Gasteiger partial charge >= 0.3 is 6.03 Å². The quantitative estimate of drug-likeness (QED) is 0.771. The number of morpholine rings is 1. The third-order valence-electron chi connectivity index (χ3n) is 6.69. The Hall–Kier alpha value is -2.81. The Bertz CT molecular complexity index is 942. The van der Waals surface area contributed by atoms with Crippen molar-refractivity contribution in [1.82, 2.24) is 14.9 Å². The van der Waals surface area contributed by atoms with Crippen molar-refractivity contribution in [3.63, 3.8) is 0 Å². The molecule has 2 saturated heterocycles. The number of likely N-dealkylation sites (N-methyl/N-ethyl adjacent to an activating group) is 1. The molecule has 3 aliphatic rings. The number of para-hydroxylation sites is 1. The fraction of sp³-hybridized carbons (Fsp3) is 0.480. The number of piperazine rings is 1. The zero-order valence-electron chi connectivity index (χ0n) is 19.3. The molecule has 0 bridgehead atoms. The van der Waals surface area contributed by atoms with Crippen molar-refractivity contribution in [2.75, 3.05) is 76.4 Å². The highest BCUT2D eigenvalue weighted by Crippen LogP contribution is 2.35. The fourth-order valence-corrected chi connectivity index (χ4v) is 4.87. The number of hydrazine groups is 1. The molecule has 2 aromatic carbocycles. The molecule has 3 heterocycles. The molecule has 0 aliphatic carbocycles. The van der Waals surface area contributed by atoms with E-state index >= 15 is 0 Å². The lowest BCUT2D eigenvalue weighted by atomic mass is 9.99. The molecule has 0 saturated carbocycles. The molecule has 0 unspecified atom stereocenters. The summed E-state index contributed by atoms with van der Waals surface area (Å²) in [5.41, 5.74) is 3.22. The minimum absolute atomic E-state index is 0.0899. The number of carbonyl (C=O) groups is 1. The standard InChI is InChI=1S/C25H33N5O3/c1-27-10-12-28(13-11-27)23-8-5-9-24-22(23)18-21(19-33-24)30(29-14-16-32-17-15-29)25(31)26-20-6-3-2-4-7-20/h2-9,21H,10-19H2,1H3,(H,26,31)/t21-/m0/s1. The summed E-state index contributed by atoms with van der Waals surface area (Å²) in [4.78, 5) is 18.3. The van der Waals surface area contributed by atoms with E-state index in [9.17, 15) is 4.79 Å². The van der Waals surface area contributed by atoms with Gasteiger partial charge in [-0.1, -0.05) is 24.3 Å². The third kappa shape index (κ3) is 4.93. The van der Waals surface area contributed by atoms with Crippen LogP contribution in [0.3, 0.4) is 0 Å². The van der Waals surface area contributed by atoms with Crippen LogP contribution in [0.15, 0.2) is 48.5 Å². The lowest BCUT2D eigenvalue weighted by Gasteiger charge is -2.44. The Morgan fingerprint density at radius 3 is 2.48 bits per heavy atom. The first kappa shape index (κ1) is 22.0. The highest BCUT2D eigenvalue weighted by molar-refractivity contribution is 5.89. The largest absolute Gasteiger partial charge is 0.491 e. The van der Waals surface area contributed by atoms with Gasteiger partial charge in [0.2, 0.25) is 0 Å². The molecule has 176 valence electrons. The summed E-state index contributed by atoms with van der Waals surface area (Å²) in [6.07, 6.45) is 0.761. The van der Waals surface area contributed by atoms with Gasteiger partial charge in [0.15, 0.2) is 0 Å². The lowest BCUT2D eigenvalue weighted by Crippen LogP contribution is -2.59. The Morgan fingerprint density at radius 2 is 1.73 bits per heavy atom. The van der Waals surface area contributed by atoms with Crippen LogP contribution in [0.5, 0.6) is 5.75 Å². The maximum Gasteiger partial charge on any atom is 0.336 e. The van der Waals surface area contributed by atoms with Crippen LogP contribution in [-0.2, 0) is 11.2 Å². The van der Waals surface area contributed by atoms with Gasteiger partial charge in [0.1, 0.15) is 12.4 Å². The van der Waals surface area contributed by atoms with Crippen LogP contribution < -0.4 is 15.0 Å². The molecule has 0 radical (unpaired) electrons. The predicted octanol–water partition coefficient (Wildman–Crippen LogP) is 2.52. The highest BCUT2D eigenvalue weighted by atomic mass is 16.5. The monoisotopic (exact) mass is 451 g/mol. The average Bonchev–Trinajstić information content (AvgIpc) is 2.86. The summed E-state index contributed by atoms with van der Waals surface area (Å²) < 4.78 is 11.8. The number of ether oxygens (including phenoxy) is 2. The summed E-state index contributed by atoms with van der Waals surface area (Å²) >= 11 is 0. The molecule has 0 spiro atoms. The minimum atomic E-state index is -0.128. The van der Waals surface area contributed by atoms with Crippen molar-refractivity contribution in [2.24, 2.45) is 0 Å². The van der Waals surface area contributed by atoms with Crippen LogP contribution in [0.2, 0.25) is 0 Å². The van der Waals surface area contributed by atoms with Gasteiger partial charge in [0, 0.05) is 62.6 Å². The number of nitrogens with one attached hydrogen (secondary N) is 1. The molecule has 2 amide bonds. The van der Waals surface area contributed by atoms with Crippen LogP contribution >= 0.6 is 0 Å². The van der Waals surface area contributed by atoms with E-state index in [0.29, 0.717) is 32.9 Å². The first-order valence-electron chi connectivity index (χ1n) is 11.8. The molecule has 5 rings (SSSR count). The predicted molar refractivity (Wildman–Crippen MR) is 129 cm³/mol. The van der Waals surface area contributed by atoms with Gasteiger partial charge in [0.25, 0.3) is 0 Å². The maximum atomic E-state index is 13.5. The summed E-state index contributed by atoms with van der Waals surface area (Å²) in [6, 6.07) is 15.7. The van der Waals surface area contributed by atoms with E-state index in [1.807, 2.05) is 41.4 Å². The summed E-state index contributed by atoms with van der Waals surface area (Å²) in [7, 11) is 2.17. The third-order valence-corrected chi connectivity index (χ3v) is 6.69. The first-order chi connectivity index (χ1) is 16.2. The number of nitrogens with zero attached hydrogens (tertiary/aromatic N) is 4. The molecule has 8 nitrogen and oxygen atoms in total. The van der Waals surface area contributed by atoms with E-state index in [4.69, 9.17) is 9.47 Å². The van der Waals surface area contributed by atoms with E-state index in [1.165, 1.54) is 11.3 Å². The van der Waals surface area contributed by atoms with Gasteiger partial charge < -0.3 is 24.6 Å². The number of fused-ring (bicyclic) bond motifs is 1. The summed E-state index contributed by atoms with van der Waals surface area (Å²) in [6.45, 7) is 7.17. The lowest BCUT2D eigenvalue weighted by molar-refractivity contribution is -0.0875. The average molecular weight is 452 g/mol. The number of amides is 2. The van der Waals surface area contributed by atoms with Gasteiger partial charge in [-0.2, -0.15) is 0 Å². The molecular weight excluding hydrogens is 418 g/mol. The Morgan fingerprint density at radius 1 is 0.970 bits per heavy atom. The van der Waals surface area contributed by atoms with Gasteiger partial charge in [-0.05, 0) is 31.3 Å². The Labute approximate surface area is 195 Å². The number of hydrogen-bond donors (Lipinski definition) is 1. The summed E-state index contributed by atoms with van der Waals surface area (Å²) in [5, 5.41) is 7.06. The second kappa shape index (κ2) is 9.99. The van der Waals surface area contributed by atoms with Crippen LogP contribution in [0.1, 0.15) is 5.56 Å². The topological polar surface area (TPSA) is 60.5 Å². The molecule has 33 heavy (non-hydrogen) atoms. The fourth-order valence-electron chi connectivity index (χ4n) is 4.87. The van der Waals surface area contributed by atoms with Gasteiger partial charge in [-0.15, -0.1) is 0 Å². The highest BCUT2D eigenvalue weighted by Gasteiger charge is 2.35. The normalized spacial score (nSPS) is 21.7. The van der Waals surface area contributed by atoms with Gasteiger partial charge in [-0.25, -0.2) is 14.8 Å². The number of carbonyl (C=O) groups excluding carboxylic acids is 1. The zero-order valence-corrected chi connectivity index (χ0v) is 19.3. The van der Waals surface area contributed by atoms with Crippen LogP contribution in [0.4, 0.5) is 16.2 Å². The number of anilines is 2. The van der Waals surface area contributed by atoms with Crippen LogP contribution in [-0.4, -0.2) is 93.1 Å². The van der Waals surface area contributed by atoms with E-state index in [0.717, 1.165) is 44.0 Å². The Kier molecular flexibility index (Phi) is 6.66. The second-order valence-electron chi connectivity index (χ2n) is 8.92. The molecule has 8 heteroatoms. The van der Waals surface area contributed by atoms with Crippen molar-refractivity contribution in [3.05, 3.63) is 54.1 Å². The molecule has 2 aromatic rings. The van der Waals surface area contributed by atoms with Crippen LogP contribution in [0.25, 0.3) is 0 Å². The Balaban J connectivity index is 1.40. The smallest absolute Gasteiger partial charge is 0.336 e. The van der Waals surface area contributed by atoms with Crippen molar-refractivity contribution in [3.8, 4) is 5.75 Å². The van der Waals surface area contributed by atoms with Crippen molar-refractivity contribution in [2.45, 2.75) is 12.5 Å². The molecular formula is C25H33N5O3. The molecule has 0 aromatic heterocycles. The van der Waals surface area contributed by atoms with Crippen molar-refractivity contribution in [1.29, 1.82) is 0 Å². The number of benzene rings is 2. The zero-order chi connectivity index (χ0) is 22.6. The molecule has 3 aliphatic heterocycles. The first-order valence-corrected chi connectivity index (χ1v) is 11.8. The number of rotatable bonds is 4.